The zero-order chi connectivity index (χ0) is 21.1. The summed E-state index contributed by atoms with van der Waals surface area (Å²) >= 11 is 0. The van der Waals surface area contributed by atoms with E-state index < -0.39 is 0 Å². The molecule has 29 heavy (non-hydrogen) atoms. The maximum Gasteiger partial charge on any atom is 0.306 e. The van der Waals surface area contributed by atoms with Gasteiger partial charge in [0, 0.05) is 35.1 Å². The van der Waals surface area contributed by atoms with Crippen LogP contribution in [0.15, 0.2) is 36.5 Å². The third-order valence-electron chi connectivity index (χ3n) is 5.13. The van der Waals surface area contributed by atoms with Gasteiger partial charge in [-0.05, 0) is 50.3 Å². The van der Waals surface area contributed by atoms with Crippen molar-refractivity contribution in [2.24, 2.45) is 5.92 Å². The van der Waals surface area contributed by atoms with E-state index in [4.69, 9.17) is 4.74 Å². The lowest BCUT2D eigenvalue weighted by atomic mass is 9.98. The highest BCUT2D eigenvalue weighted by Crippen LogP contribution is 2.24. The summed E-state index contributed by atoms with van der Waals surface area (Å²) in [4.78, 5) is 27.2. The summed E-state index contributed by atoms with van der Waals surface area (Å²) in [6.07, 6.45) is 12.0. The summed E-state index contributed by atoms with van der Waals surface area (Å²) < 4.78 is 4.92. The van der Waals surface area contributed by atoms with E-state index in [2.05, 4.69) is 36.3 Å². The number of hydrogen-bond donors (Lipinski definition) is 2. The first-order valence-electron chi connectivity index (χ1n) is 10.8. The molecule has 1 heterocycles. The molecule has 2 aromatic rings. The average molecular weight is 399 g/mol. The fourth-order valence-electron chi connectivity index (χ4n) is 3.41. The summed E-state index contributed by atoms with van der Waals surface area (Å²) in [5.41, 5.74) is 3.04. The highest BCUT2D eigenvalue weighted by Gasteiger charge is 2.16. The summed E-state index contributed by atoms with van der Waals surface area (Å²) in [6, 6.07) is 6.01. The molecule has 0 aliphatic heterocycles. The predicted octanol–water partition coefficient (Wildman–Crippen LogP) is 5.76. The van der Waals surface area contributed by atoms with Gasteiger partial charge in [-0.1, -0.05) is 44.9 Å². The molecule has 0 saturated heterocycles. The van der Waals surface area contributed by atoms with Crippen LogP contribution < -0.4 is 5.32 Å². The van der Waals surface area contributed by atoms with Crippen LogP contribution in [0.25, 0.3) is 10.9 Å². The molecule has 0 fully saturated rings. The second kappa shape index (κ2) is 12.1. The Morgan fingerprint density at radius 3 is 2.76 bits per heavy atom. The maximum absolute atomic E-state index is 12.5. The number of allylic oxidation sites excluding steroid dienone is 2. The number of esters is 1. The van der Waals surface area contributed by atoms with Crippen LogP contribution in [0.4, 0.5) is 5.69 Å². The molecular weight excluding hydrogens is 364 g/mol. The second-order valence-electron chi connectivity index (χ2n) is 7.33. The Hall–Kier alpha value is -2.56. The molecule has 0 aliphatic rings. The SMILES string of the molecule is CCCCC(CC)C(=O)Nc1ccc2c(C/C=C/CCC(=O)OCC)c[nH]c2c1. The number of benzene rings is 1. The van der Waals surface area contributed by atoms with Gasteiger partial charge in [-0.3, -0.25) is 9.59 Å². The summed E-state index contributed by atoms with van der Waals surface area (Å²) in [7, 11) is 0. The number of amides is 1. The fourth-order valence-corrected chi connectivity index (χ4v) is 3.41. The van der Waals surface area contributed by atoms with E-state index in [0.717, 1.165) is 48.7 Å². The molecule has 5 nitrogen and oxygen atoms in total. The van der Waals surface area contributed by atoms with Crippen LogP contribution in [0, 0.1) is 5.92 Å². The predicted molar refractivity (Wildman–Crippen MR) is 119 cm³/mol. The smallest absolute Gasteiger partial charge is 0.306 e. The van der Waals surface area contributed by atoms with E-state index >= 15 is 0 Å². The van der Waals surface area contributed by atoms with E-state index in [0.29, 0.717) is 19.4 Å². The van der Waals surface area contributed by atoms with Gasteiger partial charge in [-0.15, -0.1) is 0 Å². The summed E-state index contributed by atoms with van der Waals surface area (Å²) in [5, 5.41) is 4.22. The third kappa shape index (κ3) is 7.08. The maximum atomic E-state index is 12.5. The van der Waals surface area contributed by atoms with Crippen LogP contribution in [0.3, 0.4) is 0 Å². The lowest BCUT2D eigenvalue weighted by molar-refractivity contribution is -0.143. The molecule has 1 unspecified atom stereocenters. The summed E-state index contributed by atoms with van der Waals surface area (Å²) in [6.45, 7) is 6.46. The first kappa shape index (κ1) is 22.7. The van der Waals surface area contributed by atoms with Crippen LogP contribution in [0.5, 0.6) is 0 Å². The van der Waals surface area contributed by atoms with Crippen molar-refractivity contribution in [1.29, 1.82) is 0 Å². The average Bonchev–Trinajstić information content (AvgIpc) is 3.10. The Balaban J connectivity index is 1.93. The molecule has 1 aromatic carbocycles. The molecule has 0 aliphatic carbocycles. The molecule has 5 heteroatoms. The van der Waals surface area contributed by atoms with Crippen LogP contribution in [0.2, 0.25) is 0 Å². The minimum Gasteiger partial charge on any atom is -0.466 e. The molecule has 1 aromatic heterocycles. The van der Waals surface area contributed by atoms with Gasteiger partial charge in [0.25, 0.3) is 0 Å². The molecule has 158 valence electrons. The van der Waals surface area contributed by atoms with Crippen LogP contribution in [-0.4, -0.2) is 23.5 Å². The van der Waals surface area contributed by atoms with Gasteiger partial charge in [-0.2, -0.15) is 0 Å². The number of aromatic amines is 1. The number of rotatable bonds is 12. The van der Waals surface area contributed by atoms with Crippen molar-refractivity contribution in [3.8, 4) is 0 Å². The lowest BCUT2D eigenvalue weighted by Crippen LogP contribution is -2.22. The van der Waals surface area contributed by atoms with E-state index in [1.54, 1.807) is 0 Å². The largest absolute Gasteiger partial charge is 0.466 e. The van der Waals surface area contributed by atoms with Crippen LogP contribution in [0.1, 0.15) is 64.9 Å². The Morgan fingerprint density at radius 2 is 2.03 bits per heavy atom. The number of unbranched alkanes of at least 4 members (excludes halogenated alkanes) is 1. The number of ether oxygens (including phenoxy) is 1. The molecule has 2 N–H and O–H groups in total. The zero-order valence-electron chi connectivity index (χ0n) is 17.9. The van der Waals surface area contributed by atoms with Crippen LogP contribution >= 0.6 is 0 Å². The summed E-state index contributed by atoms with van der Waals surface area (Å²) in [5.74, 6) is 0.0278. The highest BCUT2D eigenvalue weighted by atomic mass is 16.5. The van der Waals surface area contributed by atoms with Crippen LogP contribution in [-0.2, 0) is 20.7 Å². The van der Waals surface area contributed by atoms with Gasteiger partial charge in [0.05, 0.1) is 6.61 Å². The lowest BCUT2D eigenvalue weighted by Gasteiger charge is -2.14. The van der Waals surface area contributed by atoms with Gasteiger partial charge < -0.3 is 15.0 Å². The number of fused-ring (bicyclic) bond motifs is 1. The van der Waals surface area contributed by atoms with E-state index in [1.165, 1.54) is 5.56 Å². The molecule has 2 rings (SSSR count). The first-order valence-corrected chi connectivity index (χ1v) is 10.8. The highest BCUT2D eigenvalue weighted by molar-refractivity contribution is 5.95. The topological polar surface area (TPSA) is 71.2 Å². The number of aromatic nitrogens is 1. The standard InChI is InChI=1S/C24H34N2O3/c1-4-7-11-18(5-2)24(28)26-20-14-15-21-19(17-25-22(21)16-20)12-9-8-10-13-23(27)29-6-3/h8-9,14-18,25H,4-7,10-13H2,1-3H3,(H,26,28)/b9-8+. The Bertz CT molecular complexity index is 823. The van der Waals surface area contributed by atoms with Crippen molar-refractivity contribution >= 4 is 28.5 Å². The van der Waals surface area contributed by atoms with E-state index in [1.807, 2.05) is 31.3 Å². The van der Waals surface area contributed by atoms with Crippen molar-refractivity contribution in [3.63, 3.8) is 0 Å². The Kier molecular flexibility index (Phi) is 9.48. The number of carbonyl (C=O) groups is 2. The van der Waals surface area contributed by atoms with Gasteiger partial charge in [0.1, 0.15) is 0 Å². The fraction of sp³-hybridized carbons (Fsp3) is 0.500. The van der Waals surface area contributed by atoms with Gasteiger partial charge >= 0.3 is 5.97 Å². The molecule has 1 amide bonds. The van der Waals surface area contributed by atoms with Gasteiger partial charge in [0.15, 0.2) is 0 Å². The quantitative estimate of drug-likeness (QED) is 0.352. The Morgan fingerprint density at radius 1 is 1.21 bits per heavy atom. The number of H-pyrrole nitrogens is 1. The second-order valence-corrected chi connectivity index (χ2v) is 7.33. The first-order chi connectivity index (χ1) is 14.1. The van der Waals surface area contributed by atoms with Crippen molar-refractivity contribution in [1.82, 2.24) is 4.98 Å². The number of carbonyl (C=O) groups excluding carboxylic acids is 2. The van der Waals surface area contributed by atoms with Gasteiger partial charge in [-0.25, -0.2) is 0 Å². The third-order valence-corrected chi connectivity index (χ3v) is 5.13. The monoisotopic (exact) mass is 398 g/mol. The molecular formula is C24H34N2O3. The normalized spacial score (nSPS) is 12.4. The van der Waals surface area contributed by atoms with E-state index in [9.17, 15) is 9.59 Å². The number of nitrogens with one attached hydrogen (secondary N) is 2. The molecule has 1 atom stereocenters. The minimum atomic E-state index is -0.154. The zero-order valence-corrected chi connectivity index (χ0v) is 17.9. The number of hydrogen-bond acceptors (Lipinski definition) is 3. The molecule has 0 radical (unpaired) electrons. The van der Waals surface area contributed by atoms with Crippen molar-refractivity contribution < 1.29 is 14.3 Å². The Labute approximate surface area is 173 Å². The molecule has 0 saturated carbocycles. The van der Waals surface area contributed by atoms with Crippen molar-refractivity contribution in [3.05, 3.63) is 42.1 Å². The van der Waals surface area contributed by atoms with E-state index in [-0.39, 0.29) is 17.8 Å². The molecule has 0 bridgehead atoms. The minimum absolute atomic E-state index is 0.0737. The van der Waals surface area contributed by atoms with Crippen molar-refractivity contribution in [2.45, 2.75) is 65.7 Å². The number of anilines is 1. The van der Waals surface area contributed by atoms with Gasteiger partial charge in [0.2, 0.25) is 5.91 Å². The van der Waals surface area contributed by atoms with Crippen molar-refractivity contribution in [2.75, 3.05) is 11.9 Å². The molecule has 0 spiro atoms.